The molecular formula is C27H20BrN3O2S. The van der Waals surface area contributed by atoms with Crippen LogP contribution in [0.1, 0.15) is 24.1 Å². The number of carbonyl (C=O) groups is 1. The number of nitrogens with one attached hydrogen (secondary N) is 1. The molecule has 0 saturated carbocycles. The number of amides is 1. The Hall–Kier alpha value is -3.55. The molecular weight excluding hydrogens is 510 g/mol. The van der Waals surface area contributed by atoms with Crippen molar-refractivity contribution in [3.05, 3.63) is 131 Å². The van der Waals surface area contributed by atoms with Crippen LogP contribution in [0, 0.1) is 0 Å². The van der Waals surface area contributed by atoms with E-state index >= 15 is 0 Å². The lowest BCUT2D eigenvalue weighted by Crippen LogP contribution is -2.40. The van der Waals surface area contributed by atoms with Gasteiger partial charge in [0.05, 0.1) is 21.8 Å². The first-order chi connectivity index (χ1) is 16.5. The molecule has 3 aromatic carbocycles. The number of thiazole rings is 1. The van der Waals surface area contributed by atoms with Crippen LogP contribution in [0.3, 0.4) is 0 Å². The molecule has 4 aromatic rings. The lowest BCUT2D eigenvalue weighted by atomic mass is 9.95. The van der Waals surface area contributed by atoms with Gasteiger partial charge in [-0.3, -0.25) is 14.2 Å². The molecule has 5 rings (SSSR count). The van der Waals surface area contributed by atoms with E-state index in [0.29, 0.717) is 26.3 Å². The van der Waals surface area contributed by atoms with E-state index in [1.807, 2.05) is 97.9 Å². The van der Waals surface area contributed by atoms with Crippen LogP contribution in [0.4, 0.5) is 5.69 Å². The summed E-state index contributed by atoms with van der Waals surface area (Å²) in [6.45, 7) is 1.82. The summed E-state index contributed by atoms with van der Waals surface area (Å²) in [7, 11) is 0. The number of hydrogen-bond donors (Lipinski definition) is 1. The van der Waals surface area contributed by atoms with Crippen LogP contribution in [0.15, 0.2) is 110 Å². The van der Waals surface area contributed by atoms with Crippen molar-refractivity contribution in [2.45, 2.75) is 13.0 Å². The highest BCUT2D eigenvalue weighted by molar-refractivity contribution is 9.10. The Morgan fingerprint density at radius 2 is 1.65 bits per heavy atom. The number of rotatable bonds is 4. The van der Waals surface area contributed by atoms with Crippen molar-refractivity contribution < 1.29 is 4.79 Å². The highest BCUT2D eigenvalue weighted by Gasteiger charge is 2.32. The van der Waals surface area contributed by atoms with Gasteiger partial charge in [-0.25, -0.2) is 4.99 Å². The number of benzene rings is 3. The summed E-state index contributed by atoms with van der Waals surface area (Å²) >= 11 is 4.88. The first-order valence-corrected chi connectivity index (χ1v) is 12.3. The standard InChI is InChI=1S/C27H20BrN3O2S/c1-17-23(25(32)30-20-13-6-3-7-14-20)24(18-10-4-2-5-11-18)31-26(33)22(34-27(31)29-17)16-19-12-8-9-15-21(19)28/h2-16,24H,1H3,(H,30,32)/b22-16-/t24-/m1/s1. The van der Waals surface area contributed by atoms with E-state index in [-0.39, 0.29) is 11.5 Å². The van der Waals surface area contributed by atoms with Crippen LogP contribution < -0.4 is 20.2 Å². The van der Waals surface area contributed by atoms with Gasteiger partial charge in [0.15, 0.2) is 4.80 Å². The van der Waals surface area contributed by atoms with Crippen LogP contribution in [0.25, 0.3) is 6.08 Å². The molecule has 0 bridgehead atoms. The fourth-order valence-corrected chi connectivity index (χ4v) is 5.45. The predicted molar refractivity (Wildman–Crippen MR) is 139 cm³/mol. The van der Waals surface area contributed by atoms with Gasteiger partial charge in [0.2, 0.25) is 0 Å². The fourth-order valence-electron chi connectivity index (χ4n) is 4.02. The highest BCUT2D eigenvalue weighted by Crippen LogP contribution is 2.30. The summed E-state index contributed by atoms with van der Waals surface area (Å²) in [4.78, 5) is 32.4. The molecule has 168 valence electrons. The summed E-state index contributed by atoms with van der Waals surface area (Å²) in [6, 6.07) is 26.0. The van der Waals surface area contributed by atoms with E-state index < -0.39 is 6.04 Å². The molecule has 1 atom stereocenters. The maximum atomic E-state index is 13.7. The van der Waals surface area contributed by atoms with Gasteiger partial charge in [-0.15, -0.1) is 0 Å². The van der Waals surface area contributed by atoms with Crippen LogP contribution in [0.2, 0.25) is 0 Å². The Morgan fingerprint density at radius 1 is 1.00 bits per heavy atom. The molecule has 0 fully saturated rings. The van der Waals surface area contributed by atoms with Crippen molar-refractivity contribution in [3.8, 4) is 0 Å². The Balaban J connectivity index is 1.68. The van der Waals surface area contributed by atoms with Crippen molar-refractivity contribution in [1.82, 2.24) is 4.57 Å². The number of anilines is 1. The Labute approximate surface area is 208 Å². The Bertz CT molecular complexity index is 1590. The third-order valence-electron chi connectivity index (χ3n) is 5.61. The molecule has 0 unspecified atom stereocenters. The lowest BCUT2D eigenvalue weighted by molar-refractivity contribution is -0.113. The maximum absolute atomic E-state index is 13.7. The van der Waals surface area contributed by atoms with E-state index in [9.17, 15) is 9.59 Å². The van der Waals surface area contributed by atoms with Gasteiger partial charge >= 0.3 is 0 Å². The van der Waals surface area contributed by atoms with Crippen LogP contribution in [0.5, 0.6) is 0 Å². The zero-order valence-corrected chi connectivity index (χ0v) is 20.6. The van der Waals surface area contributed by atoms with Crippen molar-refractivity contribution >= 4 is 44.9 Å². The second kappa shape index (κ2) is 9.37. The minimum absolute atomic E-state index is 0.175. The number of para-hydroxylation sites is 1. The molecule has 1 amide bonds. The molecule has 1 aliphatic rings. The van der Waals surface area contributed by atoms with Gasteiger partial charge in [0.1, 0.15) is 0 Å². The zero-order chi connectivity index (χ0) is 23.7. The second-order valence-corrected chi connectivity index (χ2v) is 9.70. The van der Waals surface area contributed by atoms with Gasteiger partial charge in [0, 0.05) is 10.2 Å². The molecule has 0 radical (unpaired) electrons. The number of hydrogen-bond acceptors (Lipinski definition) is 4. The summed E-state index contributed by atoms with van der Waals surface area (Å²) in [5.41, 5.74) is 3.31. The van der Waals surface area contributed by atoms with Crippen LogP contribution in [-0.4, -0.2) is 10.5 Å². The number of carbonyl (C=O) groups excluding carboxylic acids is 1. The van der Waals surface area contributed by atoms with Gasteiger partial charge in [-0.2, -0.15) is 0 Å². The van der Waals surface area contributed by atoms with E-state index in [0.717, 1.165) is 15.6 Å². The first kappa shape index (κ1) is 22.3. The van der Waals surface area contributed by atoms with E-state index in [1.54, 1.807) is 4.57 Å². The lowest BCUT2D eigenvalue weighted by Gasteiger charge is -2.25. The summed E-state index contributed by atoms with van der Waals surface area (Å²) in [6.07, 6.45) is 1.86. The van der Waals surface area contributed by atoms with Crippen molar-refractivity contribution in [2.75, 3.05) is 5.32 Å². The topological polar surface area (TPSA) is 63.5 Å². The predicted octanol–water partition coefficient (Wildman–Crippen LogP) is 4.64. The summed E-state index contributed by atoms with van der Waals surface area (Å²) in [5.74, 6) is -0.276. The Morgan fingerprint density at radius 3 is 2.35 bits per heavy atom. The molecule has 7 heteroatoms. The van der Waals surface area contributed by atoms with E-state index in [2.05, 4.69) is 26.2 Å². The Kier molecular flexibility index (Phi) is 6.13. The average molecular weight is 530 g/mol. The number of aromatic nitrogens is 1. The maximum Gasteiger partial charge on any atom is 0.271 e. The number of nitrogens with zero attached hydrogens (tertiary/aromatic N) is 2. The van der Waals surface area contributed by atoms with Crippen LogP contribution >= 0.6 is 27.3 Å². The summed E-state index contributed by atoms with van der Waals surface area (Å²) in [5, 5.41) is 2.96. The third-order valence-corrected chi connectivity index (χ3v) is 7.31. The normalized spacial score (nSPS) is 15.6. The molecule has 34 heavy (non-hydrogen) atoms. The van der Waals surface area contributed by atoms with Gasteiger partial charge in [-0.1, -0.05) is 94.0 Å². The number of allylic oxidation sites excluding steroid dienone is 1. The minimum atomic E-state index is -0.581. The second-order valence-electron chi connectivity index (χ2n) is 7.83. The molecule has 0 spiro atoms. The van der Waals surface area contributed by atoms with Crippen LogP contribution in [-0.2, 0) is 4.79 Å². The van der Waals surface area contributed by atoms with Crippen molar-refractivity contribution in [1.29, 1.82) is 0 Å². The number of fused-ring (bicyclic) bond motifs is 1. The SMILES string of the molecule is CC1=C(C(=O)Nc2ccccc2)[C@@H](c2ccccc2)n2c(s/c(=C\c3ccccc3Br)c2=O)=N1. The third kappa shape index (κ3) is 4.20. The van der Waals surface area contributed by atoms with Gasteiger partial charge in [-0.05, 0) is 42.3 Å². The van der Waals surface area contributed by atoms with Gasteiger partial charge < -0.3 is 5.32 Å². The average Bonchev–Trinajstić information content (AvgIpc) is 3.15. The number of halogens is 1. The summed E-state index contributed by atoms with van der Waals surface area (Å²) < 4.78 is 3.10. The fraction of sp³-hybridized carbons (Fsp3) is 0.0741. The molecule has 1 N–H and O–H groups in total. The molecule has 1 aromatic heterocycles. The van der Waals surface area contributed by atoms with E-state index in [1.165, 1.54) is 11.3 Å². The zero-order valence-electron chi connectivity index (χ0n) is 18.2. The largest absolute Gasteiger partial charge is 0.322 e. The molecule has 1 aliphatic heterocycles. The van der Waals surface area contributed by atoms with E-state index in [4.69, 9.17) is 0 Å². The smallest absolute Gasteiger partial charge is 0.271 e. The quantitative estimate of drug-likeness (QED) is 0.418. The molecule has 0 aliphatic carbocycles. The molecule has 5 nitrogen and oxygen atoms in total. The van der Waals surface area contributed by atoms with Crippen molar-refractivity contribution in [3.63, 3.8) is 0 Å². The molecule has 0 saturated heterocycles. The first-order valence-electron chi connectivity index (χ1n) is 10.7. The highest BCUT2D eigenvalue weighted by atomic mass is 79.9. The molecule has 2 heterocycles. The minimum Gasteiger partial charge on any atom is -0.322 e. The van der Waals surface area contributed by atoms with Crippen molar-refractivity contribution in [2.24, 2.45) is 4.99 Å². The monoisotopic (exact) mass is 529 g/mol. The van der Waals surface area contributed by atoms with Gasteiger partial charge in [0.25, 0.3) is 11.5 Å².